The van der Waals surface area contributed by atoms with Gasteiger partial charge in [-0.2, -0.15) is 5.26 Å². The Morgan fingerprint density at radius 2 is 1.86 bits per heavy atom. The van der Waals surface area contributed by atoms with Gasteiger partial charge in [0.1, 0.15) is 5.54 Å². The van der Waals surface area contributed by atoms with Crippen LogP contribution in [0.25, 0.3) is 0 Å². The molecule has 0 aliphatic carbocycles. The summed E-state index contributed by atoms with van der Waals surface area (Å²) in [6.07, 6.45) is 1.73. The first kappa shape index (κ1) is 9.91. The average Bonchev–Trinajstić information content (AvgIpc) is 2.31. The zero-order valence-corrected chi connectivity index (χ0v) is 8.46. The highest BCUT2D eigenvalue weighted by atomic mass is 16.5. The summed E-state index contributed by atoms with van der Waals surface area (Å²) in [5.74, 6) is 0. The molecule has 0 radical (unpaired) electrons. The van der Waals surface area contributed by atoms with Gasteiger partial charge in [0.2, 0.25) is 0 Å². The van der Waals surface area contributed by atoms with Crippen molar-refractivity contribution in [1.29, 1.82) is 5.26 Å². The Balaban J connectivity index is 2.06. The largest absolute Gasteiger partial charge is 0.381 e. The third kappa shape index (κ3) is 1.76. The molecule has 0 aromatic carbocycles. The molecule has 2 rings (SSSR count). The Morgan fingerprint density at radius 3 is 2.43 bits per heavy atom. The van der Waals surface area contributed by atoms with E-state index in [0.29, 0.717) is 0 Å². The van der Waals surface area contributed by atoms with E-state index in [1.807, 2.05) is 0 Å². The average molecular weight is 195 g/mol. The first-order valence-electron chi connectivity index (χ1n) is 5.32. The minimum atomic E-state index is -0.236. The van der Waals surface area contributed by atoms with Crippen molar-refractivity contribution in [3.8, 4) is 6.07 Å². The van der Waals surface area contributed by atoms with Crippen LogP contribution in [0.3, 0.4) is 0 Å². The molecule has 0 aromatic rings. The Kier molecular flexibility index (Phi) is 3.02. The van der Waals surface area contributed by atoms with Crippen molar-refractivity contribution < 1.29 is 4.74 Å². The van der Waals surface area contributed by atoms with Gasteiger partial charge in [0.25, 0.3) is 0 Å². The van der Waals surface area contributed by atoms with E-state index in [-0.39, 0.29) is 5.54 Å². The molecule has 1 N–H and O–H groups in total. The van der Waals surface area contributed by atoms with Gasteiger partial charge in [-0.3, -0.25) is 4.90 Å². The molecule has 0 spiro atoms. The second-order valence-corrected chi connectivity index (χ2v) is 3.99. The molecule has 0 unspecified atom stereocenters. The molecule has 0 saturated carbocycles. The van der Waals surface area contributed by atoms with Gasteiger partial charge < -0.3 is 10.1 Å². The third-order valence-electron chi connectivity index (χ3n) is 3.25. The maximum Gasteiger partial charge on any atom is 0.113 e. The van der Waals surface area contributed by atoms with Crippen molar-refractivity contribution in [3.05, 3.63) is 0 Å². The quantitative estimate of drug-likeness (QED) is 0.638. The number of hydrogen-bond acceptors (Lipinski definition) is 4. The van der Waals surface area contributed by atoms with E-state index in [1.165, 1.54) is 0 Å². The molecule has 0 amide bonds. The maximum atomic E-state index is 9.33. The van der Waals surface area contributed by atoms with Crippen LogP contribution in [0.1, 0.15) is 12.8 Å². The summed E-state index contributed by atoms with van der Waals surface area (Å²) in [4.78, 5) is 2.33. The van der Waals surface area contributed by atoms with Gasteiger partial charge in [-0.1, -0.05) is 0 Å². The summed E-state index contributed by atoms with van der Waals surface area (Å²) >= 11 is 0. The lowest BCUT2D eigenvalue weighted by Gasteiger charge is -2.43. The van der Waals surface area contributed by atoms with Crippen LogP contribution in [0.5, 0.6) is 0 Å². The van der Waals surface area contributed by atoms with Gasteiger partial charge in [0.05, 0.1) is 6.07 Å². The second kappa shape index (κ2) is 4.26. The van der Waals surface area contributed by atoms with Crippen LogP contribution in [-0.4, -0.2) is 49.8 Å². The number of nitriles is 1. The van der Waals surface area contributed by atoms with Crippen molar-refractivity contribution in [1.82, 2.24) is 10.2 Å². The number of piperazine rings is 1. The smallest absolute Gasteiger partial charge is 0.113 e. The van der Waals surface area contributed by atoms with E-state index in [2.05, 4.69) is 16.3 Å². The fourth-order valence-corrected chi connectivity index (χ4v) is 2.30. The molecule has 2 fully saturated rings. The predicted molar refractivity (Wildman–Crippen MR) is 52.8 cm³/mol. The predicted octanol–water partition coefficient (Wildman–Crippen LogP) is -0.0356. The first-order valence-corrected chi connectivity index (χ1v) is 5.32. The zero-order chi connectivity index (χ0) is 9.86. The summed E-state index contributed by atoms with van der Waals surface area (Å²) in [5.41, 5.74) is -0.236. The summed E-state index contributed by atoms with van der Waals surface area (Å²) in [6.45, 7) is 5.46. The minimum absolute atomic E-state index is 0.236. The standard InChI is InChI=1S/C10H17N3O/c11-9-10(1-7-14-8-2-10)13-5-3-12-4-6-13/h12H,1-8H2. The van der Waals surface area contributed by atoms with E-state index in [1.54, 1.807) is 0 Å². The van der Waals surface area contributed by atoms with Gasteiger partial charge in [-0.25, -0.2) is 0 Å². The van der Waals surface area contributed by atoms with E-state index >= 15 is 0 Å². The fraction of sp³-hybridized carbons (Fsp3) is 0.900. The van der Waals surface area contributed by atoms with Crippen molar-refractivity contribution in [3.63, 3.8) is 0 Å². The van der Waals surface area contributed by atoms with E-state index < -0.39 is 0 Å². The Morgan fingerprint density at radius 1 is 1.21 bits per heavy atom. The number of rotatable bonds is 1. The van der Waals surface area contributed by atoms with Crippen molar-refractivity contribution in [2.75, 3.05) is 39.4 Å². The Hall–Kier alpha value is -0.630. The lowest BCUT2D eigenvalue weighted by atomic mass is 9.89. The van der Waals surface area contributed by atoms with Gasteiger partial charge in [-0.15, -0.1) is 0 Å². The first-order chi connectivity index (χ1) is 6.87. The highest BCUT2D eigenvalue weighted by Crippen LogP contribution is 2.27. The molecular formula is C10H17N3O. The van der Waals surface area contributed by atoms with Gasteiger partial charge in [0, 0.05) is 52.2 Å². The molecular weight excluding hydrogens is 178 g/mol. The lowest BCUT2D eigenvalue weighted by molar-refractivity contribution is -0.00391. The van der Waals surface area contributed by atoms with Crippen LogP contribution >= 0.6 is 0 Å². The summed E-state index contributed by atoms with van der Waals surface area (Å²) in [7, 11) is 0. The van der Waals surface area contributed by atoms with Crippen LogP contribution in [0.4, 0.5) is 0 Å². The summed E-state index contributed by atoms with van der Waals surface area (Å²) in [5, 5.41) is 12.6. The molecule has 2 heterocycles. The number of nitrogens with zero attached hydrogens (tertiary/aromatic N) is 2. The molecule has 2 aliphatic rings. The highest BCUT2D eigenvalue weighted by Gasteiger charge is 2.38. The third-order valence-corrected chi connectivity index (χ3v) is 3.25. The van der Waals surface area contributed by atoms with E-state index in [4.69, 9.17) is 4.74 Å². The lowest BCUT2D eigenvalue weighted by Crippen LogP contribution is -2.57. The van der Waals surface area contributed by atoms with Gasteiger partial charge >= 0.3 is 0 Å². The number of ether oxygens (including phenoxy) is 1. The van der Waals surface area contributed by atoms with Crippen LogP contribution < -0.4 is 5.32 Å². The Labute approximate surface area is 84.8 Å². The molecule has 4 heteroatoms. The number of nitrogens with one attached hydrogen (secondary N) is 1. The molecule has 2 saturated heterocycles. The molecule has 0 aromatic heterocycles. The molecule has 78 valence electrons. The highest BCUT2D eigenvalue weighted by molar-refractivity contribution is 5.10. The fourth-order valence-electron chi connectivity index (χ4n) is 2.30. The second-order valence-electron chi connectivity index (χ2n) is 3.99. The normalized spacial score (nSPS) is 28.2. The molecule has 4 nitrogen and oxygen atoms in total. The Bertz CT molecular complexity index is 224. The van der Waals surface area contributed by atoms with E-state index in [0.717, 1.165) is 52.2 Å². The van der Waals surface area contributed by atoms with Crippen molar-refractivity contribution in [2.24, 2.45) is 0 Å². The molecule has 0 bridgehead atoms. The molecule has 2 aliphatic heterocycles. The van der Waals surface area contributed by atoms with Crippen molar-refractivity contribution >= 4 is 0 Å². The van der Waals surface area contributed by atoms with Crippen molar-refractivity contribution in [2.45, 2.75) is 18.4 Å². The topological polar surface area (TPSA) is 48.3 Å². The maximum absolute atomic E-state index is 9.33. The molecule has 14 heavy (non-hydrogen) atoms. The number of hydrogen-bond donors (Lipinski definition) is 1. The zero-order valence-electron chi connectivity index (χ0n) is 8.46. The van der Waals surface area contributed by atoms with Crippen LogP contribution in [-0.2, 0) is 4.74 Å². The molecule has 0 atom stereocenters. The van der Waals surface area contributed by atoms with Crippen LogP contribution in [0, 0.1) is 11.3 Å². The monoisotopic (exact) mass is 195 g/mol. The van der Waals surface area contributed by atoms with Crippen LogP contribution in [0.15, 0.2) is 0 Å². The van der Waals surface area contributed by atoms with Gasteiger partial charge in [-0.05, 0) is 0 Å². The van der Waals surface area contributed by atoms with E-state index in [9.17, 15) is 5.26 Å². The van der Waals surface area contributed by atoms with Gasteiger partial charge in [0.15, 0.2) is 0 Å². The summed E-state index contributed by atoms with van der Waals surface area (Å²) < 4.78 is 5.32. The minimum Gasteiger partial charge on any atom is -0.381 e. The summed E-state index contributed by atoms with van der Waals surface area (Å²) in [6, 6.07) is 2.51. The van der Waals surface area contributed by atoms with Crippen LogP contribution in [0.2, 0.25) is 0 Å². The SMILES string of the molecule is N#CC1(N2CCNCC2)CCOCC1.